The third kappa shape index (κ3) is 4.89. The van der Waals surface area contributed by atoms with Crippen molar-refractivity contribution in [2.75, 3.05) is 11.9 Å². The van der Waals surface area contributed by atoms with E-state index in [2.05, 4.69) is 15.6 Å². The summed E-state index contributed by atoms with van der Waals surface area (Å²) in [5.41, 5.74) is 2.64. The van der Waals surface area contributed by atoms with E-state index in [9.17, 15) is 9.90 Å². The van der Waals surface area contributed by atoms with E-state index in [1.807, 2.05) is 12.1 Å². The standard InChI is InChI=1S/C16H19N3O2/c1-12(20)14-2-4-15(5-3-14)19-16(21)18-11-8-13-6-9-17-10-7-13/h2-7,9-10,12,20H,8,11H2,1H3,(H2,18,19,21). The number of pyridine rings is 1. The molecule has 1 heterocycles. The Bertz CT molecular complexity index is 568. The number of hydrogen-bond acceptors (Lipinski definition) is 3. The van der Waals surface area contributed by atoms with E-state index < -0.39 is 6.10 Å². The summed E-state index contributed by atoms with van der Waals surface area (Å²) in [6.07, 6.45) is 3.73. The molecule has 0 radical (unpaired) electrons. The summed E-state index contributed by atoms with van der Waals surface area (Å²) in [6.45, 7) is 2.26. The van der Waals surface area contributed by atoms with Gasteiger partial charge in [0.15, 0.2) is 0 Å². The van der Waals surface area contributed by atoms with Gasteiger partial charge in [0.25, 0.3) is 0 Å². The first kappa shape index (κ1) is 15.0. The van der Waals surface area contributed by atoms with E-state index in [0.29, 0.717) is 12.2 Å². The number of aliphatic hydroxyl groups is 1. The molecule has 1 atom stereocenters. The molecule has 1 aromatic heterocycles. The molecule has 2 aromatic rings. The monoisotopic (exact) mass is 285 g/mol. The van der Waals surface area contributed by atoms with E-state index >= 15 is 0 Å². The summed E-state index contributed by atoms with van der Waals surface area (Å²) >= 11 is 0. The van der Waals surface area contributed by atoms with Crippen LogP contribution in [0, 0.1) is 0 Å². The normalized spacial score (nSPS) is 11.7. The lowest BCUT2D eigenvalue weighted by molar-refractivity contribution is 0.199. The molecule has 0 aliphatic rings. The van der Waals surface area contributed by atoms with Crippen molar-refractivity contribution in [2.24, 2.45) is 0 Å². The summed E-state index contributed by atoms with van der Waals surface area (Å²) in [6, 6.07) is 10.7. The Kier molecular flexibility index (Phi) is 5.29. The molecule has 21 heavy (non-hydrogen) atoms. The van der Waals surface area contributed by atoms with E-state index in [0.717, 1.165) is 17.5 Å². The zero-order valence-electron chi connectivity index (χ0n) is 11.9. The van der Waals surface area contributed by atoms with Crippen molar-refractivity contribution in [3.63, 3.8) is 0 Å². The molecule has 110 valence electrons. The highest BCUT2D eigenvalue weighted by atomic mass is 16.3. The van der Waals surface area contributed by atoms with Crippen LogP contribution < -0.4 is 10.6 Å². The molecule has 5 heteroatoms. The molecular weight excluding hydrogens is 266 g/mol. The maximum absolute atomic E-state index is 11.7. The van der Waals surface area contributed by atoms with Gasteiger partial charge < -0.3 is 15.7 Å². The van der Waals surface area contributed by atoms with Crippen LogP contribution in [0.2, 0.25) is 0 Å². The molecule has 0 aliphatic heterocycles. The number of amides is 2. The lowest BCUT2D eigenvalue weighted by atomic mass is 10.1. The zero-order chi connectivity index (χ0) is 15.1. The molecule has 0 aliphatic carbocycles. The van der Waals surface area contributed by atoms with Gasteiger partial charge in [0, 0.05) is 24.6 Å². The number of carbonyl (C=O) groups excluding carboxylic acids is 1. The van der Waals surface area contributed by atoms with Gasteiger partial charge in [-0.05, 0) is 48.7 Å². The van der Waals surface area contributed by atoms with Crippen molar-refractivity contribution < 1.29 is 9.90 Å². The third-order valence-corrected chi connectivity index (χ3v) is 3.10. The Labute approximate surface area is 124 Å². The second kappa shape index (κ2) is 7.40. The van der Waals surface area contributed by atoms with Gasteiger partial charge in [-0.2, -0.15) is 0 Å². The Morgan fingerprint density at radius 1 is 1.19 bits per heavy atom. The topological polar surface area (TPSA) is 74.2 Å². The second-order valence-corrected chi connectivity index (χ2v) is 4.78. The molecule has 0 saturated heterocycles. The van der Waals surface area contributed by atoms with Crippen LogP contribution in [0.25, 0.3) is 0 Å². The summed E-state index contributed by atoms with van der Waals surface area (Å²) < 4.78 is 0. The van der Waals surface area contributed by atoms with E-state index in [-0.39, 0.29) is 6.03 Å². The van der Waals surface area contributed by atoms with Crippen molar-refractivity contribution in [3.8, 4) is 0 Å². The van der Waals surface area contributed by atoms with Crippen LogP contribution in [0.5, 0.6) is 0 Å². The highest BCUT2D eigenvalue weighted by molar-refractivity contribution is 5.89. The van der Waals surface area contributed by atoms with Crippen molar-refractivity contribution in [3.05, 3.63) is 59.9 Å². The van der Waals surface area contributed by atoms with Gasteiger partial charge >= 0.3 is 6.03 Å². The van der Waals surface area contributed by atoms with E-state index in [4.69, 9.17) is 0 Å². The molecule has 5 nitrogen and oxygen atoms in total. The summed E-state index contributed by atoms with van der Waals surface area (Å²) in [7, 11) is 0. The van der Waals surface area contributed by atoms with Crippen LogP contribution in [0.15, 0.2) is 48.8 Å². The molecule has 2 rings (SSSR count). The highest BCUT2D eigenvalue weighted by Crippen LogP contribution is 2.15. The lowest BCUT2D eigenvalue weighted by Crippen LogP contribution is -2.30. The van der Waals surface area contributed by atoms with Gasteiger partial charge in [-0.3, -0.25) is 4.98 Å². The molecular formula is C16H19N3O2. The average molecular weight is 285 g/mol. The molecule has 0 bridgehead atoms. The zero-order valence-corrected chi connectivity index (χ0v) is 11.9. The van der Waals surface area contributed by atoms with Gasteiger partial charge in [0.05, 0.1) is 6.10 Å². The Hall–Kier alpha value is -2.40. The van der Waals surface area contributed by atoms with Crippen molar-refractivity contribution in [2.45, 2.75) is 19.4 Å². The maximum atomic E-state index is 11.7. The number of nitrogens with one attached hydrogen (secondary N) is 2. The fraction of sp³-hybridized carbons (Fsp3) is 0.250. The Morgan fingerprint density at radius 3 is 2.48 bits per heavy atom. The minimum Gasteiger partial charge on any atom is -0.389 e. The predicted molar refractivity (Wildman–Crippen MR) is 82.0 cm³/mol. The smallest absolute Gasteiger partial charge is 0.319 e. The van der Waals surface area contributed by atoms with Crippen molar-refractivity contribution in [1.82, 2.24) is 10.3 Å². The molecule has 0 spiro atoms. The minimum absolute atomic E-state index is 0.242. The maximum Gasteiger partial charge on any atom is 0.319 e. The number of benzene rings is 1. The fourth-order valence-corrected chi connectivity index (χ4v) is 1.89. The molecule has 2 amide bonds. The van der Waals surface area contributed by atoms with Crippen molar-refractivity contribution >= 4 is 11.7 Å². The Balaban J connectivity index is 1.76. The number of aliphatic hydroxyl groups excluding tert-OH is 1. The first-order chi connectivity index (χ1) is 10.1. The number of carbonyl (C=O) groups is 1. The summed E-state index contributed by atoms with van der Waals surface area (Å²) in [4.78, 5) is 15.7. The van der Waals surface area contributed by atoms with Gasteiger partial charge in [0.2, 0.25) is 0 Å². The lowest BCUT2D eigenvalue weighted by Gasteiger charge is -2.09. The molecule has 1 aromatic carbocycles. The van der Waals surface area contributed by atoms with Gasteiger partial charge in [-0.1, -0.05) is 12.1 Å². The van der Waals surface area contributed by atoms with Gasteiger partial charge in [0.1, 0.15) is 0 Å². The number of rotatable bonds is 5. The van der Waals surface area contributed by atoms with Crippen LogP contribution in [-0.2, 0) is 6.42 Å². The first-order valence-electron chi connectivity index (χ1n) is 6.87. The molecule has 0 saturated carbocycles. The van der Waals surface area contributed by atoms with E-state index in [1.165, 1.54) is 0 Å². The van der Waals surface area contributed by atoms with Gasteiger partial charge in [-0.15, -0.1) is 0 Å². The number of nitrogens with zero attached hydrogens (tertiary/aromatic N) is 1. The number of hydrogen-bond donors (Lipinski definition) is 3. The van der Waals surface area contributed by atoms with Crippen molar-refractivity contribution in [1.29, 1.82) is 0 Å². The molecule has 1 unspecified atom stereocenters. The molecule has 3 N–H and O–H groups in total. The van der Waals surface area contributed by atoms with Gasteiger partial charge in [-0.25, -0.2) is 4.79 Å². The van der Waals surface area contributed by atoms with E-state index in [1.54, 1.807) is 43.6 Å². The second-order valence-electron chi connectivity index (χ2n) is 4.78. The average Bonchev–Trinajstić information content (AvgIpc) is 2.49. The predicted octanol–water partition coefficient (Wildman–Crippen LogP) is 2.50. The number of anilines is 1. The van der Waals surface area contributed by atoms with Crippen LogP contribution in [0.3, 0.4) is 0 Å². The molecule has 0 fully saturated rings. The van der Waals surface area contributed by atoms with Crippen LogP contribution in [0.1, 0.15) is 24.2 Å². The highest BCUT2D eigenvalue weighted by Gasteiger charge is 2.03. The summed E-state index contributed by atoms with van der Waals surface area (Å²) in [5, 5.41) is 15.0. The van der Waals surface area contributed by atoms with Crippen LogP contribution in [0.4, 0.5) is 10.5 Å². The summed E-state index contributed by atoms with van der Waals surface area (Å²) in [5.74, 6) is 0. The Morgan fingerprint density at radius 2 is 1.86 bits per heavy atom. The minimum atomic E-state index is -0.506. The largest absolute Gasteiger partial charge is 0.389 e. The third-order valence-electron chi connectivity index (χ3n) is 3.10. The quantitative estimate of drug-likeness (QED) is 0.790. The fourth-order valence-electron chi connectivity index (χ4n) is 1.89. The SMILES string of the molecule is CC(O)c1ccc(NC(=O)NCCc2ccncc2)cc1. The van der Waals surface area contributed by atoms with Crippen LogP contribution >= 0.6 is 0 Å². The number of urea groups is 1. The number of aromatic nitrogens is 1. The first-order valence-corrected chi connectivity index (χ1v) is 6.87. The van der Waals surface area contributed by atoms with Crippen LogP contribution in [-0.4, -0.2) is 22.7 Å².